The molecule has 1 atom stereocenters. The highest BCUT2D eigenvalue weighted by Gasteiger charge is 2.14. The third-order valence-electron chi connectivity index (χ3n) is 4.49. The lowest BCUT2D eigenvalue weighted by Gasteiger charge is -2.16. The maximum Gasteiger partial charge on any atom is 0.161 e. The van der Waals surface area contributed by atoms with Crippen LogP contribution in [0.4, 0.5) is 0 Å². The standard InChI is InChI=1S/C23H33NO4/c1-6-13-28-20-11-9-18(14-22(20)25-5)16-24-17(4)19-10-12-21(26-7-2)23(15-19)27-8-3/h9-12,14-15,17,24H,6-8,13,16H2,1-5H3/p+1/t17-/m0/s1. The summed E-state index contributed by atoms with van der Waals surface area (Å²) in [5.41, 5.74) is 2.41. The molecule has 0 unspecified atom stereocenters. The first-order valence-electron chi connectivity index (χ1n) is 10.1. The van der Waals surface area contributed by atoms with Crippen molar-refractivity contribution in [3.8, 4) is 23.0 Å². The Labute approximate surface area is 169 Å². The van der Waals surface area contributed by atoms with Crippen LogP contribution in [0.1, 0.15) is 51.3 Å². The van der Waals surface area contributed by atoms with Gasteiger partial charge in [-0.05, 0) is 63.6 Å². The maximum atomic E-state index is 5.75. The van der Waals surface area contributed by atoms with Crippen LogP contribution in [-0.4, -0.2) is 26.9 Å². The van der Waals surface area contributed by atoms with Crippen molar-refractivity contribution in [1.29, 1.82) is 0 Å². The summed E-state index contributed by atoms with van der Waals surface area (Å²) in [5.74, 6) is 3.19. The molecule has 0 aromatic heterocycles. The fourth-order valence-corrected chi connectivity index (χ4v) is 2.97. The van der Waals surface area contributed by atoms with E-state index < -0.39 is 0 Å². The minimum absolute atomic E-state index is 0.289. The van der Waals surface area contributed by atoms with Gasteiger partial charge in [0, 0.05) is 11.1 Å². The Morgan fingerprint density at radius 3 is 2.18 bits per heavy atom. The molecule has 2 N–H and O–H groups in total. The lowest BCUT2D eigenvalue weighted by atomic mass is 10.1. The Morgan fingerprint density at radius 1 is 0.821 bits per heavy atom. The first kappa shape index (κ1) is 21.9. The highest BCUT2D eigenvalue weighted by atomic mass is 16.5. The number of rotatable bonds is 12. The van der Waals surface area contributed by atoms with Crippen molar-refractivity contribution in [1.82, 2.24) is 0 Å². The highest BCUT2D eigenvalue weighted by molar-refractivity contribution is 5.44. The summed E-state index contributed by atoms with van der Waals surface area (Å²) in [6.45, 7) is 11.0. The molecule has 0 radical (unpaired) electrons. The van der Waals surface area contributed by atoms with Gasteiger partial charge in [0.25, 0.3) is 0 Å². The van der Waals surface area contributed by atoms with Gasteiger partial charge in [-0.3, -0.25) is 0 Å². The molecule has 154 valence electrons. The van der Waals surface area contributed by atoms with E-state index in [0.717, 1.165) is 36.0 Å². The normalized spacial score (nSPS) is 11.8. The summed E-state index contributed by atoms with van der Waals surface area (Å²) in [6.07, 6.45) is 0.974. The highest BCUT2D eigenvalue weighted by Crippen LogP contribution is 2.30. The predicted molar refractivity (Wildman–Crippen MR) is 112 cm³/mol. The van der Waals surface area contributed by atoms with Crippen molar-refractivity contribution in [2.45, 2.75) is 46.7 Å². The van der Waals surface area contributed by atoms with E-state index in [4.69, 9.17) is 18.9 Å². The van der Waals surface area contributed by atoms with Crippen LogP contribution in [0.3, 0.4) is 0 Å². The molecule has 2 rings (SSSR count). The first-order chi connectivity index (χ1) is 13.6. The van der Waals surface area contributed by atoms with Crippen molar-refractivity contribution < 1.29 is 24.3 Å². The zero-order valence-corrected chi connectivity index (χ0v) is 17.8. The Balaban J connectivity index is 2.05. The maximum absolute atomic E-state index is 5.75. The van der Waals surface area contributed by atoms with E-state index in [2.05, 4.69) is 43.4 Å². The minimum atomic E-state index is 0.289. The lowest BCUT2D eigenvalue weighted by Crippen LogP contribution is -2.83. The molecular formula is C23H34NO4+. The van der Waals surface area contributed by atoms with Crippen LogP contribution >= 0.6 is 0 Å². The van der Waals surface area contributed by atoms with Crippen molar-refractivity contribution >= 4 is 0 Å². The molecular weight excluding hydrogens is 354 g/mol. The van der Waals surface area contributed by atoms with Crippen LogP contribution in [0.25, 0.3) is 0 Å². The van der Waals surface area contributed by atoms with Gasteiger partial charge in [0.1, 0.15) is 12.6 Å². The van der Waals surface area contributed by atoms with Gasteiger partial charge < -0.3 is 24.3 Å². The Bertz CT molecular complexity index is 733. The van der Waals surface area contributed by atoms with Crippen LogP contribution in [0, 0.1) is 0 Å². The largest absolute Gasteiger partial charge is 0.493 e. The van der Waals surface area contributed by atoms with Crippen LogP contribution in [0.5, 0.6) is 23.0 Å². The molecule has 0 saturated carbocycles. The fraction of sp³-hybridized carbons (Fsp3) is 0.478. The van der Waals surface area contributed by atoms with Crippen LogP contribution in [0.2, 0.25) is 0 Å². The zero-order chi connectivity index (χ0) is 20.4. The molecule has 0 bridgehead atoms. The average Bonchev–Trinajstić information content (AvgIpc) is 2.72. The number of benzene rings is 2. The monoisotopic (exact) mass is 388 g/mol. The van der Waals surface area contributed by atoms with Crippen molar-refractivity contribution in [2.75, 3.05) is 26.9 Å². The van der Waals surface area contributed by atoms with Gasteiger partial charge >= 0.3 is 0 Å². The van der Waals surface area contributed by atoms with E-state index in [1.807, 2.05) is 26.0 Å². The van der Waals surface area contributed by atoms with E-state index in [9.17, 15) is 0 Å². The van der Waals surface area contributed by atoms with Crippen LogP contribution in [0.15, 0.2) is 36.4 Å². The Morgan fingerprint density at radius 2 is 1.50 bits per heavy atom. The fourth-order valence-electron chi connectivity index (χ4n) is 2.97. The van der Waals surface area contributed by atoms with E-state index in [1.165, 1.54) is 11.1 Å². The quantitative estimate of drug-likeness (QED) is 0.595. The topological polar surface area (TPSA) is 53.5 Å². The van der Waals surface area contributed by atoms with Crippen LogP contribution < -0.4 is 24.3 Å². The lowest BCUT2D eigenvalue weighted by molar-refractivity contribution is -0.707. The summed E-state index contributed by atoms with van der Waals surface area (Å²) in [4.78, 5) is 0. The molecule has 0 aliphatic rings. The van der Waals surface area contributed by atoms with Crippen molar-refractivity contribution in [2.24, 2.45) is 0 Å². The molecule has 0 amide bonds. The number of ether oxygens (including phenoxy) is 4. The van der Waals surface area contributed by atoms with E-state index >= 15 is 0 Å². The van der Waals surface area contributed by atoms with Gasteiger partial charge in [-0.2, -0.15) is 0 Å². The van der Waals surface area contributed by atoms with Gasteiger partial charge in [0.2, 0.25) is 0 Å². The number of hydrogen-bond donors (Lipinski definition) is 1. The average molecular weight is 389 g/mol. The van der Waals surface area contributed by atoms with E-state index in [-0.39, 0.29) is 6.04 Å². The van der Waals surface area contributed by atoms with Gasteiger partial charge in [0.15, 0.2) is 23.0 Å². The second kappa shape index (κ2) is 11.4. The second-order valence-corrected chi connectivity index (χ2v) is 6.63. The number of methoxy groups -OCH3 is 1. The minimum Gasteiger partial charge on any atom is -0.493 e. The smallest absolute Gasteiger partial charge is 0.161 e. The summed E-state index contributed by atoms with van der Waals surface area (Å²) in [7, 11) is 1.68. The number of nitrogens with two attached hydrogens (primary N) is 1. The summed E-state index contributed by atoms with van der Waals surface area (Å²) >= 11 is 0. The predicted octanol–water partition coefficient (Wildman–Crippen LogP) is 4.11. The number of quaternary nitrogens is 1. The summed E-state index contributed by atoms with van der Waals surface area (Å²) in [6, 6.07) is 12.6. The van der Waals surface area contributed by atoms with Gasteiger partial charge in [-0.25, -0.2) is 0 Å². The summed E-state index contributed by atoms with van der Waals surface area (Å²) in [5, 5.41) is 2.30. The first-order valence-corrected chi connectivity index (χ1v) is 10.1. The molecule has 28 heavy (non-hydrogen) atoms. The molecule has 0 fully saturated rings. The van der Waals surface area contributed by atoms with Gasteiger partial charge in [0.05, 0.1) is 26.9 Å². The molecule has 0 spiro atoms. The second-order valence-electron chi connectivity index (χ2n) is 6.63. The SMILES string of the molecule is CCCOc1ccc(C[NH2+][C@@H](C)c2ccc(OCC)c(OCC)c2)cc1OC. The van der Waals surface area contributed by atoms with Crippen molar-refractivity contribution in [3.05, 3.63) is 47.5 Å². The van der Waals surface area contributed by atoms with Gasteiger partial charge in [-0.1, -0.05) is 6.92 Å². The molecule has 0 aliphatic heterocycles. The molecule has 2 aromatic carbocycles. The third kappa shape index (κ3) is 6.06. The molecule has 0 aliphatic carbocycles. The molecule has 5 heteroatoms. The Hall–Kier alpha value is -2.40. The molecule has 0 heterocycles. The van der Waals surface area contributed by atoms with Gasteiger partial charge in [-0.15, -0.1) is 0 Å². The molecule has 5 nitrogen and oxygen atoms in total. The van der Waals surface area contributed by atoms with Crippen LogP contribution in [-0.2, 0) is 6.54 Å². The van der Waals surface area contributed by atoms with E-state index in [1.54, 1.807) is 7.11 Å². The molecule has 0 saturated heterocycles. The van der Waals surface area contributed by atoms with Crippen molar-refractivity contribution in [3.63, 3.8) is 0 Å². The molecule has 2 aromatic rings. The Kier molecular flexibility index (Phi) is 8.95. The third-order valence-corrected chi connectivity index (χ3v) is 4.49. The summed E-state index contributed by atoms with van der Waals surface area (Å²) < 4.78 is 22.6. The van der Waals surface area contributed by atoms with E-state index in [0.29, 0.717) is 19.8 Å². The number of hydrogen-bond acceptors (Lipinski definition) is 4. The zero-order valence-electron chi connectivity index (χ0n) is 17.8.